The molecule has 1 amide bonds. The number of rotatable bonds is 3. The summed E-state index contributed by atoms with van der Waals surface area (Å²) in [5.41, 5.74) is 2.85. The number of aryl methyl sites for hydroxylation is 1. The van der Waals surface area contributed by atoms with E-state index >= 15 is 0 Å². The summed E-state index contributed by atoms with van der Waals surface area (Å²) in [6.45, 7) is 2.62. The van der Waals surface area contributed by atoms with Crippen LogP contribution in [0.15, 0.2) is 11.6 Å². The molecule has 21 heavy (non-hydrogen) atoms. The maximum absolute atomic E-state index is 12.2. The molecule has 0 saturated carbocycles. The van der Waals surface area contributed by atoms with Gasteiger partial charge in [-0.3, -0.25) is 14.4 Å². The predicted molar refractivity (Wildman–Crippen MR) is 81.2 cm³/mol. The first-order chi connectivity index (χ1) is 10.1. The lowest BCUT2D eigenvalue weighted by Crippen LogP contribution is -2.32. The molecule has 0 N–H and O–H groups in total. The number of amides is 1. The van der Waals surface area contributed by atoms with Crippen molar-refractivity contribution in [2.75, 3.05) is 20.6 Å². The summed E-state index contributed by atoms with van der Waals surface area (Å²) in [5.74, 6) is -0.0137. The summed E-state index contributed by atoms with van der Waals surface area (Å²) in [6, 6.07) is 0. The van der Waals surface area contributed by atoms with E-state index in [2.05, 4.69) is 15.0 Å². The van der Waals surface area contributed by atoms with Crippen LogP contribution in [-0.4, -0.2) is 51.1 Å². The molecule has 0 spiro atoms. The van der Waals surface area contributed by atoms with Gasteiger partial charge in [-0.15, -0.1) is 11.3 Å². The molecule has 0 aromatic carbocycles. The van der Waals surface area contributed by atoms with Crippen molar-refractivity contribution in [3.63, 3.8) is 0 Å². The Labute approximate surface area is 128 Å². The van der Waals surface area contributed by atoms with Gasteiger partial charge in [0.2, 0.25) is 0 Å². The Bertz CT molecular complexity index is 647. The van der Waals surface area contributed by atoms with Crippen LogP contribution in [0.1, 0.15) is 26.8 Å². The Morgan fingerprint density at radius 1 is 1.48 bits per heavy atom. The van der Waals surface area contributed by atoms with Crippen LogP contribution in [0, 0.1) is 0 Å². The second-order valence-electron chi connectivity index (χ2n) is 5.48. The van der Waals surface area contributed by atoms with Gasteiger partial charge >= 0.3 is 0 Å². The highest BCUT2D eigenvalue weighted by Crippen LogP contribution is 2.24. The number of hydrogen-bond acceptors (Lipinski definition) is 5. The Kier molecular flexibility index (Phi) is 3.77. The molecule has 1 aliphatic rings. The van der Waals surface area contributed by atoms with Crippen molar-refractivity contribution < 1.29 is 4.79 Å². The van der Waals surface area contributed by atoms with E-state index in [1.54, 1.807) is 30.3 Å². The molecule has 0 radical (unpaired) electrons. The van der Waals surface area contributed by atoms with Crippen LogP contribution in [0.25, 0.3) is 0 Å². The molecule has 0 bridgehead atoms. The zero-order valence-electron chi connectivity index (χ0n) is 12.5. The standard InChI is InChI=1S/C14H19N5OS/c1-17(2)14(20)13-10-4-6-19(8-11(10)18(3)16-13)9-12-15-5-7-21-12/h5,7H,4,6,8-9H2,1-3H3. The zero-order chi connectivity index (χ0) is 15.0. The van der Waals surface area contributed by atoms with Crippen LogP contribution in [0.5, 0.6) is 0 Å². The first-order valence-electron chi connectivity index (χ1n) is 6.93. The van der Waals surface area contributed by atoms with E-state index in [4.69, 9.17) is 0 Å². The molecular formula is C14H19N5OS. The topological polar surface area (TPSA) is 54.3 Å². The molecule has 0 unspecified atom stereocenters. The molecule has 2 aromatic rings. The highest BCUT2D eigenvalue weighted by Gasteiger charge is 2.27. The minimum Gasteiger partial charge on any atom is -0.343 e. The molecule has 112 valence electrons. The molecule has 1 aliphatic heterocycles. The predicted octanol–water partition coefficient (Wildman–Crippen LogP) is 1.14. The fourth-order valence-corrected chi connectivity index (χ4v) is 3.32. The third kappa shape index (κ3) is 2.71. The van der Waals surface area contributed by atoms with E-state index in [-0.39, 0.29) is 5.91 Å². The minimum atomic E-state index is -0.0137. The average molecular weight is 305 g/mol. The summed E-state index contributed by atoms with van der Waals surface area (Å²) in [4.78, 5) is 20.5. The minimum absolute atomic E-state index is 0.0137. The highest BCUT2D eigenvalue weighted by molar-refractivity contribution is 7.09. The van der Waals surface area contributed by atoms with Gasteiger partial charge in [0.1, 0.15) is 5.01 Å². The summed E-state index contributed by atoms with van der Waals surface area (Å²) in [6.07, 6.45) is 2.71. The lowest BCUT2D eigenvalue weighted by atomic mass is 10.0. The van der Waals surface area contributed by atoms with Crippen molar-refractivity contribution >= 4 is 17.2 Å². The molecule has 3 heterocycles. The van der Waals surface area contributed by atoms with Crippen molar-refractivity contribution in [3.05, 3.63) is 33.5 Å². The van der Waals surface area contributed by atoms with E-state index in [0.29, 0.717) is 5.69 Å². The van der Waals surface area contributed by atoms with E-state index in [1.165, 1.54) is 0 Å². The highest BCUT2D eigenvalue weighted by atomic mass is 32.1. The molecule has 6 nitrogen and oxygen atoms in total. The van der Waals surface area contributed by atoms with E-state index in [1.807, 2.05) is 23.3 Å². The van der Waals surface area contributed by atoms with Crippen LogP contribution in [0.3, 0.4) is 0 Å². The lowest BCUT2D eigenvalue weighted by Gasteiger charge is -2.26. The monoisotopic (exact) mass is 305 g/mol. The van der Waals surface area contributed by atoms with Crippen molar-refractivity contribution in [2.45, 2.75) is 19.5 Å². The number of nitrogens with zero attached hydrogens (tertiary/aromatic N) is 5. The van der Waals surface area contributed by atoms with Gasteiger partial charge in [-0.25, -0.2) is 4.98 Å². The number of hydrogen-bond donors (Lipinski definition) is 0. The molecule has 0 saturated heterocycles. The lowest BCUT2D eigenvalue weighted by molar-refractivity contribution is 0.0819. The molecule has 7 heteroatoms. The first kappa shape index (κ1) is 14.2. The number of carbonyl (C=O) groups is 1. The fraction of sp³-hybridized carbons (Fsp3) is 0.500. The second-order valence-corrected chi connectivity index (χ2v) is 6.46. The average Bonchev–Trinajstić information content (AvgIpc) is 3.07. The SMILES string of the molecule is CN(C)C(=O)c1nn(C)c2c1CCN(Cc1nccs1)C2. The maximum atomic E-state index is 12.2. The number of thiazole rings is 1. The summed E-state index contributed by atoms with van der Waals surface area (Å²) in [5, 5.41) is 7.56. The number of fused-ring (bicyclic) bond motifs is 1. The number of aromatic nitrogens is 3. The van der Waals surface area contributed by atoms with Crippen molar-refractivity contribution in [1.29, 1.82) is 0 Å². The number of carbonyl (C=O) groups excluding carboxylic acids is 1. The van der Waals surface area contributed by atoms with Crippen molar-refractivity contribution in [3.8, 4) is 0 Å². The van der Waals surface area contributed by atoms with Gasteiger partial charge in [-0.2, -0.15) is 5.10 Å². The van der Waals surface area contributed by atoms with Crippen LogP contribution in [-0.2, 0) is 26.6 Å². The van der Waals surface area contributed by atoms with Gasteiger partial charge in [0, 0.05) is 51.4 Å². The third-order valence-corrected chi connectivity index (χ3v) is 4.54. The Hall–Kier alpha value is -1.73. The molecule has 0 atom stereocenters. The normalized spacial score (nSPS) is 15.0. The van der Waals surface area contributed by atoms with Crippen molar-refractivity contribution in [2.24, 2.45) is 7.05 Å². The van der Waals surface area contributed by atoms with Gasteiger partial charge in [0.15, 0.2) is 5.69 Å². The van der Waals surface area contributed by atoms with E-state index in [9.17, 15) is 4.79 Å². The molecule has 3 rings (SSSR count). The quantitative estimate of drug-likeness (QED) is 0.853. The van der Waals surface area contributed by atoms with Crippen LogP contribution >= 0.6 is 11.3 Å². The van der Waals surface area contributed by atoms with Gasteiger partial charge in [0.25, 0.3) is 5.91 Å². The summed E-state index contributed by atoms with van der Waals surface area (Å²) in [7, 11) is 5.44. The Morgan fingerprint density at radius 2 is 2.29 bits per heavy atom. The van der Waals surface area contributed by atoms with Crippen molar-refractivity contribution in [1.82, 2.24) is 24.6 Å². The second kappa shape index (κ2) is 5.57. The van der Waals surface area contributed by atoms with Gasteiger partial charge in [-0.05, 0) is 6.42 Å². The molecule has 0 fully saturated rings. The fourth-order valence-electron chi connectivity index (χ4n) is 2.66. The smallest absolute Gasteiger partial charge is 0.274 e. The summed E-state index contributed by atoms with van der Waals surface area (Å²) >= 11 is 1.68. The molecular weight excluding hydrogens is 286 g/mol. The largest absolute Gasteiger partial charge is 0.343 e. The van der Waals surface area contributed by atoms with Gasteiger partial charge < -0.3 is 4.90 Å². The Morgan fingerprint density at radius 3 is 2.95 bits per heavy atom. The Balaban J connectivity index is 1.82. The summed E-state index contributed by atoms with van der Waals surface area (Å²) < 4.78 is 1.85. The van der Waals surface area contributed by atoms with Gasteiger partial charge in [0.05, 0.1) is 12.2 Å². The first-order valence-corrected chi connectivity index (χ1v) is 7.81. The maximum Gasteiger partial charge on any atom is 0.274 e. The zero-order valence-corrected chi connectivity index (χ0v) is 13.4. The molecule has 0 aliphatic carbocycles. The third-order valence-electron chi connectivity index (χ3n) is 3.78. The van der Waals surface area contributed by atoms with Crippen LogP contribution in [0.2, 0.25) is 0 Å². The van der Waals surface area contributed by atoms with E-state index in [0.717, 1.165) is 42.3 Å². The van der Waals surface area contributed by atoms with E-state index < -0.39 is 0 Å². The van der Waals surface area contributed by atoms with Crippen LogP contribution in [0.4, 0.5) is 0 Å². The van der Waals surface area contributed by atoms with Gasteiger partial charge in [-0.1, -0.05) is 0 Å². The molecule has 2 aromatic heterocycles. The van der Waals surface area contributed by atoms with Crippen LogP contribution < -0.4 is 0 Å².